The zero-order chi connectivity index (χ0) is 12.8. The summed E-state index contributed by atoms with van der Waals surface area (Å²) in [5, 5.41) is 3.86. The lowest BCUT2D eigenvalue weighted by molar-refractivity contribution is 0.0843. The molecule has 0 spiro atoms. The number of ether oxygens (including phenoxy) is 1. The summed E-state index contributed by atoms with van der Waals surface area (Å²) >= 11 is 0. The Balaban J connectivity index is 1.97. The molecule has 1 aliphatic heterocycles. The molecule has 0 amide bonds. The van der Waals surface area contributed by atoms with Crippen molar-refractivity contribution >= 4 is 0 Å². The lowest BCUT2D eigenvalue weighted by Crippen LogP contribution is -2.45. The van der Waals surface area contributed by atoms with Gasteiger partial charge in [0.15, 0.2) is 0 Å². The first-order valence-corrected chi connectivity index (χ1v) is 8.18. The largest absolute Gasteiger partial charge is 0.378 e. The van der Waals surface area contributed by atoms with E-state index in [0.29, 0.717) is 12.1 Å². The highest BCUT2D eigenvalue weighted by atomic mass is 16.5. The second kappa shape index (κ2) is 7.49. The van der Waals surface area contributed by atoms with Gasteiger partial charge in [0.05, 0.1) is 6.10 Å². The van der Waals surface area contributed by atoms with E-state index in [2.05, 4.69) is 19.2 Å². The normalized spacial score (nSPS) is 32.3. The van der Waals surface area contributed by atoms with Gasteiger partial charge in [-0.25, -0.2) is 0 Å². The minimum Gasteiger partial charge on any atom is -0.378 e. The standard InChI is InChI=1S/C16H31NO/c1-3-11-17-16(15-10-12-18-13(15)2)14-8-6-4-5-7-9-14/h13-17H,3-12H2,1-2H3. The summed E-state index contributed by atoms with van der Waals surface area (Å²) in [6.07, 6.45) is 11.6. The Labute approximate surface area is 113 Å². The van der Waals surface area contributed by atoms with E-state index in [0.717, 1.165) is 18.4 Å². The number of nitrogens with one attached hydrogen (secondary N) is 1. The van der Waals surface area contributed by atoms with E-state index >= 15 is 0 Å². The molecule has 2 rings (SSSR count). The van der Waals surface area contributed by atoms with Crippen LogP contribution < -0.4 is 5.32 Å². The van der Waals surface area contributed by atoms with Crippen LogP contribution in [0.5, 0.6) is 0 Å². The summed E-state index contributed by atoms with van der Waals surface area (Å²) in [5.41, 5.74) is 0. The molecule has 3 unspecified atom stereocenters. The van der Waals surface area contributed by atoms with Crippen molar-refractivity contribution in [2.75, 3.05) is 13.2 Å². The molecule has 0 radical (unpaired) electrons. The third kappa shape index (κ3) is 3.71. The van der Waals surface area contributed by atoms with Crippen LogP contribution >= 0.6 is 0 Å². The number of hydrogen-bond donors (Lipinski definition) is 1. The van der Waals surface area contributed by atoms with Crippen LogP contribution in [0.15, 0.2) is 0 Å². The lowest BCUT2D eigenvalue weighted by Gasteiger charge is -2.33. The summed E-state index contributed by atoms with van der Waals surface area (Å²) in [5.74, 6) is 1.65. The van der Waals surface area contributed by atoms with Crippen molar-refractivity contribution in [1.29, 1.82) is 0 Å². The van der Waals surface area contributed by atoms with E-state index in [4.69, 9.17) is 4.74 Å². The molecule has 18 heavy (non-hydrogen) atoms. The topological polar surface area (TPSA) is 21.3 Å². The highest BCUT2D eigenvalue weighted by molar-refractivity contribution is 4.89. The predicted molar refractivity (Wildman–Crippen MR) is 76.8 cm³/mol. The van der Waals surface area contributed by atoms with Crippen molar-refractivity contribution in [3.05, 3.63) is 0 Å². The smallest absolute Gasteiger partial charge is 0.0590 e. The van der Waals surface area contributed by atoms with E-state index in [-0.39, 0.29) is 0 Å². The van der Waals surface area contributed by atoms with Gasteiger partial charge in [-0.2, -0.15) is 0 Å². The first kappa shape index (κ1) is 14.3. The first-order valence-electron chi connectivity index (χ1n) is 8.18. The second-order valence-corrected chi connectivity index (χ2v) is 6.26. The van der Waals surface area contributed by atoms with Gasteiger partial charge in [-0.05, 0) is 45.1 Å². The molecule has 1 saturated heterocycles. The zero-order valence-electron chi connectivity index (χ0n) is 12.3. The Kier molecular flexibility index (Phi) is 5.97. The molecule has 2 heteroatoms. The van der Waals surface area contributed by atoms with Gasteiger partial charge in [0.1, 0.15) is 0 Å². The molecule has 3 atom stereocenters. The lowest BCUT2D eigenvalue weighted by atomic mass is 9.80. The van der Waals surface area contributed by atoms with Crippen molar-refractivity contribution < 1.29 is 4.74 Å². The maximum absolute atomic E-state index is 5.81. The van der Waals surface area contributed by atoms with Crippen molar-refractivity contribution in [1.82, 2.24) is 5.32 Å². The monoisotopic (exact) mass is 253 g/mol. The molecular formula is C16H31NO. The quantitative estimate of drug-likeness (QED) is 0.753. The molecular weight excluding hydrogens is 222 g/mol. The molecule has 0 aromatic carbocycles. The van der Waals surface area contributed by atoms with Crippen LogP contribution in [-0.2, 0) is 4.74 Å². The minimum atomic E-state index is 0.461. The highest BCUT2D eigenvalue weighted by Gasteiger charge is 2.35. The Morgan fingerprint density at radius 1 is 1.11 bits per heavy atom. The van der Waals surface area contributed by atoms with Crippen LogP contribution in [0.25, 0.3) is 0 Å². The summed E-state index contributed by atoms with van der Waals surface area (Å²) in [6, 6.07) is 0.709. The van der Waals surface area contributed by atoms with Gasteiger partial charge in [0.25, 0.3) is 0 Å². The molecule has 1 heterocycles. The average Bonchev–Trinajstić information content (AvgIpc) is 2.65. The molecule has 2 aliphatic rings. The summed E-state index contributed by atoms with van der Waals surface area (Å²) in [6.45, 7) is 6.69. The predicted octanol–water partition coefficient (Wildman–Crippen LogP) is 3.75. The highest BCUT2D eigenvalue weighted by Crippen LogP contribution is 2.34. The van der Waals surface area contributed by atoms with Crippen LogP contribution in [0.4, 0.5) is 0 Å². The van der Waals surface area contributed by atoms with Gasteiger partial charge < -0.3 is 10.1 Å². The molecule has 106 valence electrons. The number of rotatable bonds is 5. The summed E-state index contributed by atoms with van der Waals surface area (Å²) in [7, 11) is 0. The van der Waals surface area contributed by atoms with Crippen molar-refractivity contribution in [3.63, 3.8) is 0 Å². The molecule has 1 aliphatic carbocycles. The summed E-state index contributed by atoms with van der Waals surface area (Å²) in [4.78, 5) is 0. The van der Waals surface area contributed by atoms with E-state index in [1.54, 1.807) is 0 Å². The molecule has 1 N–H and O–H groups in total. The Morgan fingerprint density at radius 2 is 1.83 bits per heavy atom. The molecule has 0 bridgehead atoms. The zero-order valence-corrected chi connectivity index (χ0v) is 12.3. The molecule has 0 aromatic heterocycles. The van der Waals surface area contributed by atoms with Crippen LogP contribution in [0.3, 0.4) is 0 Å². The van der Waals surface area contributed by atoms with E-state index in [9.17, 15) is 0 Å². The van der Waals surface area contributed by atoms with Crippen LogP contribution in [-0.4, -0.2) is 25.3 Å². The van der Waals surface area contributed by atoms with Crippen molar-refractivity contribution in [2.24, 2.45) is 11.8 Å². The Hall–Kier alpha value is -0.0800. The van der Waals surface area contributed by atoms with Gasteiger partial charge in [-0.15, -0.1) is 0 Å². The van der Waals surface area contributed by atoms with Gasteiger partial charge in [0.2, 0.25) is 0 Å². The third-order valence-electron chi connectivity index (χ3n) is 4.93. The van der Waals surface area contributed by atoms with Gasteiger partial charge in [0, 0.05) is 18.6 Å². The van der Waals surface area contributed by atoms with Gasteiger partial charge in [-0.3, -0.25) is 0 Å². The SMILES string of the molecule is CCCNC(C1CCCCCC1)C1CCOC1C. The van der Waals surface area contributed by atoms with Crippen LogP contribution in [0, 0.1) is 11.8 Å². The van der Waals surface area contributed by atoms with Gasteiger partial charge in [-0.1, -0.05) is 32.6 Å². The third-order valence-corrected chi connectivity index (χ3v) is 4.93. The van der Waals surface area contributed by atoms with Crippen molar-refractivity contribution in [3.8, 4) is 0 Å². The summed E-state index contributed by atoms with van der Waals surface area (Å²) < 4.78 is 5.81. The molecule has 1 saturated carbocycles. The average molecular weight is 253 g/mol. The fraction of sp³-hybridized carbons (Fsp3) is 1.00. The maximum Gasteiger partial charge on any atom is 0.0590 e. The Bertz CT molecular complexity index is 223. The first-order chi connectivity index (χ1) is 8.83. The minimum absolute atomic E-state index is 0.461. The molecule has 2 nitrogen and oxygen atoms in total. The van der Waals surface area contributed by atoms with Crippen molar-refractivity contribution in [2.45, 2.75) is 77.4 Å². The van der Waals surface area contributed by atoms with Crippen LogP contribution in [0.2, 0.25) is 0 Å². The second-order valence-electron chi connectivity index (χ2n) is 6.26. The van der Waals surface area contributed by atoms with E-state index in [1.807, 2.05) is 0 Å². The maximum atomic E-state index is 5.81. The Morgan fingerprint density at radius 3 is 2.39 bits per heavy atom. The van der Waals surface area contributed by atoms with E-state index < -0.39 is 0 Å². The van der Waals surface area contributed by atoms with Gasteiger partial charge >= 0.3 is 0 Å². The fourth-order valence-corrected chi connectivity index (χ4v) is 3.87. The fourth-order valence-electron chi connectivity index (χ4n) is 3.87. The van der Waals surface area contributed by atoms with Crippen LogP contribution in [0.1, 0.15) is 65.2 Å². The number of hydrogen-bond acceptors (Lipinski definition) is 2. The molecule has 2 fully saturated rings. The van der Waals surface area contributed by atoms with E-state index in [1.165, 1.54) is 57.9 Å². The molecule has 0 aromatic rings.